The molecule has 0 saturated carbocycles. The fourth-order valence-electron chi connectivity index (χ4n) is 9.18. The van der Waals surface area contributed by atoms with E-state index < -0.39 is 67.3 Å². The normalized spacial score (nSPS) is 18.4. The minimum absolute atomic E-state index is 0.0321. The highest BCUT2D eigenvalue weighted by Crippen LogP contribution is 2.26. The van der Waals surface area contributed by atoms with Crippen molar-refractivity contribution in [2.24, 2.45) is 0 Å². The molecule has 6 atom stereocenters. The zero-order valence-electron chi connectivity index (χ0n) is 49.8. The van der Waals surface area contributed by atoms with Gasteiger partial charge in [-0.15, -0.1) is 0 Å². The average Bonchev–Trinajstić information content (AvgIpc) is 3.46. The second-order valence-corrected chi connectivity index (χ2v) is 21.3. The Morgan fingerprint density at radius 1 is 0.443 bits per heavy atom. The summed E-state index contributed by atoms with van der Waals surface area (Å²) in [5.74, 6) is -3.30. The van der Waals surface area contributed by atoms with Crippen LogP contribution in [-0.2, 0) is 42.9 Å². The number of aliphatic hydroxyl groups excluding tert-OH is 2. The zero-order valence-corrected chi connectivity index (χ0v) is 49.8. The van der Waals surface area contributed by atoms with Crippen LogP contribution in [0.15, 0.2) is 85.1 Å². The van der Waals surface area contributed by atoms with Crippen LogP contribution in [0.25, 0.3) is 0 Å². The van der Waals surface area contributed by atoms with Crippen LogP contribution >= 0.6 is 0 Å². The fraction of sp³-hybridized carbons (Fsp3) is 0.731. The summed E-state index contributed by atoms with van der Waals surface area (Å²) in [4.78, 5) is 51.2. The van der Waals surface area contributed by atoms with Gasteiger partial charge in [0, 0.05) is 12.8 Å². The standard InChI is InChI=1S/C67H112O12/c1-4-7-10-13-16-19-22-25-28-29-30-31-34-35-38-41-44-47-50-53-59(68)75-56-58(77-60(69)54-51-48-45-42-39-36-32-26-23-20-17-14-11-8-5-2)57-76-67-65(63(72)62(71)64(79-67)66(73)74)78-61(70)55-52-49-46-43-40-37-33-27-24-21-18-15-12-9-6-3/h8,11,17-18,20-21,26-27,32-33,39,42,48,51,58,62-65,67,71-72H,4-7,9-10,12-16,19,22-25,28-31,34-38,40-41,43-47,49-50,52-57H2,1-3H3,(H,73,74)/b11-8-,20-17-,21-18-,32-26-,33-27-,42-39-,51-48-. The van der Waals surface area contributed by atoms with E-state index in [2.05, 4.69) is 87.6 Å². The molecule has 12 heteroatoms. The molecular weight excluding hydrogens is 997 g/mol. The van der Waals surface area contributed by atoms with E-state index >= 15 is 0 Å². The molecule has 6 unspecified atom stereocenters. The molecule has 79 heavy (non-hydrogen) atoms. The van der Waals surface area contributed by atoms with Crippen molar-refractivity contribution in [3.05, 3.63) is 85.1 Å². The molecule has 0 aromatic carbocycles. The first-order valence-electron chi connectivity index (χ1n) is 31.6. The molecule has 1 fully saturated rings. The van der Waals surface area contributed by atoms with Crippen LogP contribution in [0.1, 0.15) is 265 Å². The predicted molar refractivity (Wildman–Crippen MR) is 321 cm³/mol. The first-order chi connectivity index (χ1) is 38.6. The molecule has 0 amide bonds. The Balaban J connectivity index is 2.71. The molecule has 1 aliphatic rings. The first-order valence-corrected chi connectivity index (χ1v) is 31.6. The Morgan fingerprint density at radius 3 is 1.30 bits per heavy atom. The van der Waals surface area contributed by atoms with Crippen LogP contribution in [0, 0.1) is 0 Å². The number of carbonyl (C=O) groups excluding carboxylic acids is 3. The Labute approximate surface area is 480 Å². The number of unbranched alkanes of at least 4 members (excludes halogenated alkanes) is 26. The predicted octanol–water partition coefficient (Wildman–Crippen LogP) is 16.7. The maximum absolute atomic E-state index is 13.1. The largest absolute Gasteiger partial charge is 0.479 e. The van der Waals surface area contributed by atoms with Crippen molar-refractivity contribution in [2.45, 2.75) is 302 Å². The third-order valence-corrected chi connectivity index (χ3v) is 14.0. The molecule has 12 nitrogen and oxygen atoms in total. The van der Waals surface area contributed by atoms with Crippen LogP contribution in [0.4, 0.5) is 0 Å². The first kappa shape index (κ1) is 72.9. The summed E-state index contributed by atoms with van der Waals surface area (Å²) in [6.07, 6.45) is 58.7. The highest BCUT2D eigenvalue weighted by atomic mass is 16.7. The molecule has 452 valence electrons. The van der Waals surface area contributed by atoms with Crippen LogP contribution in [-0.4, -0.2) is 89.2 Å². The van der Waals surface area contributed by atoms with Crippen molar-refractivity contribution in [1.82, 2.24) is 0 Å². The van der Waals surface area contributed by atoms with Gasteiger partial charge in [0.25, 0.3) is 0 Å². The molecule has 0 aromatic rings. The lowest BCUT2D eigenvalue weighted by Gasteiger charge is -2.40. The van der Waals surface area contributed by atoms with E-state index in [4.69, 9.17) is 23.7 Å². The van der Waals surface area contributed by atoms with E-state index in [1.807, 2.05) is 12.2 Å². The number of carbonyl (C=O) groups is 4. The van der Waals surface area contributed by atoms with Crippen molar-refractivity contribution in [1.29, 1.82) is 0 Å². The zero-order chi connectivity index (χ0) is 57.5. The SMILES string of the molecule is CC/C=C\C/C=C\C/C=C\C/C=C\C/C=C\CC(=O)OC(COC(=O)CCCCCCCCCCCCCCCCCCCCC)COC1OC(C(=O)O)C(O)C(O)C1OC(=O)CCCCCCC/C=C\C/C=C\CCCCC. The second-order valence-electron chi connectivity index (χ2n) is 21.3. The Morgan fingerprint density at radius 2 is 0.835 bits per heavy atom. The van der Waals surface area contributed by atoms with Gasteiger partial charge < -0.3 is 39.0 Å². The number of rotatable bonds is 53. The lowest BCUT2D eigenvalue weighted by Crippen LogP contribution is -2.61. The van der Waals surface area contributed by atoms with Gasteiger partial charge in [0.2, 0.25) is 0 Å². The quantitative estimate of drug-likeness (QED) is 0.0228. The van der Waals surface area contributed by atoms with Crippen LogP contribution < -0.4 is 0 Å². The van der Waals surface area contributed by atoms with Gasteiger partial charge in [0.15, 0.2) is 24.6 Å². The van der Waals surface area contributed by atoms with E-state index in [1.165, 1.54) is 116 Å². The molecule has 0 aromatic heterocycles. The number of aliphatic carboxylic acids is 1. The summed E-state index contributed by atoms with van der Waals surface area (Å²) in [6.45, 7) is 5.79. The van der Waals surface area contributed by atoms with Crippen LogP contribution in [0.5, 0.6) is 0 Å². The van der Waals surface area contributed by atoms with Gasteiger partial charge in [-0.25, -0.2) is 4.79 Å². The molecule has 1 saturated heterocycles. The molecule has 3 N–H and O–H groups in total. The van der Waals surface area contributed by atoms with E-state index in [0.29, 0.717) is 19.3 Å². The average molecular weight is 1110 g/mol. The number of hydrogen-bond acceptors (Lipinski definition) is 11. The Bertz CT molecular complexity index is 1700. The number of hydrogen-bond donors (Lipinski definition) is 3. The molecule has 0 bridgehead atoms. The van der Waals surface area contributed by atoms with Gasteiger partial charge in [-0.1, -0.05) is 254 Å². The summed E-state index contributed by atoms with van der Waals surface area (Å²) in [5.41, 5.74) is 0. The highest BCUT2D eigenvalue weighted by Gasteiger charge is 2.50. The monoisotopic (exact) mass is 1110 g/mol. The van der Waals surface area contributed by atoms with Gasteiger partial charge in [-0.3, -0.25) is 14.4 Å². The highest BCUT2D eigenvalue weighted by molar-refractivity contribution is 5.74. The molecule has 0 radical (unpaired) electrons. The maximum atomic E-state index is 13.1. The number of ether oxygens (including phenoxy) is 5. The summed E-state index contributed by atoms with van der Waals surface area (Å²) in [5, 5.41) is 31.5. The van der Waals surface area contributed by atoms with Crippen LogP contribution in [0.3, 0.4) is 0 Å². The molecule has 1 rings (SSSR count). The van der Waals surface area contributed by atoms with E-state index in [1.54, 1.807) is 6.08 Å². The summed E-state index contributed by atoms with van der Waals surface area (Å²) in [6, 6.07) is 0. The number of carboxylic acids is 1. The Hall–Kier alpha value is -4.10. The molecular formula is C67H112O12. The minimum Gasteiger partial charge on any atom is -0.479 e. The Kier molecular flexibility index (Phi) is 50.3. The number of aliphatic hydroxyl groups is 2. The molecule has 1 aliphatic heterocycles. The lowest BCUT2D eigenvalue weighted by molar-refractivity contribution is -0.301. The van der Waals surface area contributed by atoms with E-state index in [0.717, 1.165) is 89.9 Å². The molecule has 1 heterocycles. The van der Waals surface area contributed by atoms with Crippen molar-refractivity contribution < 1.29 is 58.2 Å². The van der Waals surface area contributed by atoms with Crippen molar-refractivity contribution in [2.75, 3.05) is 13.2 Å². The smallest absolute Gasteiger partial charge is 0.335 e. The van der Waals surface area contributed by atoms with E-state index in [-0.39, 0.29) is 25.9 Å². The number of esters is 3. The number of allylic oxidation sites excluding steroid dienone is 13. The van der Waals surface area contributed by atoms with Crippen LogP contribution in [0.2, 0.25) is 0 Å². The third kappa shape index (κ3) is 44.3. The summed E-state index contributed by atoms with van der Waals surface area (Å²) < 4.78 is 28.3. The summed E-state index contributed by atoms with van der Waals surface area (Å²) >= 11 is 0. The minimum atomic E-state index is -1.92. The van der Waals surface area contributed by atoms with Gasteiger partial charge in [-0.05, 0) is 77.0 Å². The third-order valence-electron chi connectivity index (χ3n) is 14.0. The van der Waals surface area contributed by atoms with E-state index in [9.17, 15) is 34.5 Å². The van der Waals surface area contributed by atoms with Crippen molar-refractivity contribution in [3.8, 4) is 0 Å². The maximum Gasteiger partial charge on any atom is 0.335 e. The van der Waals surface area contributed by atoms with Gasteiger partial charge >= 0.3 is 23.9 Å². The van der Waals surface area contributed by atoms with Crippen molar-refractivity contribution >= 4 is 23.9 Å². The molecule has 0 spiro atoms. The topological polar surface area (TPSA) is 175 Å². The van der Waals surface area contributed by atoms with Gasteiger partial charge in [0.1, 0.15) is 18.8 Å². The lowest BCUT2D eigenvalue weighted by atomic mass is 9.98. The molecule has 0 aliphatic carbocycles. The van der Waals surface area contributed by atoms with Gasteiger partial charge in [-0.2, -0.15) is 0 Å². The van der Waals surface area contributed by atoms with Crippen molar-refractivity contribution in [3.63, 3.8) is 0 Å². The summed E-state index contributed by atoms with van der Waals surface area (Å²) in [7, 11) is 0. The van der Waals surface area contributed by atoms with Gasteiger partial charge in [0.05, 0.1) is 13.0 Å². The number of carboxylic acid groups (broad SMARTS) is 1. The fourth-order valence-corrected chi connectivity index (χ4v) is 9.18. The second kappa shape index (κ2) is 54.5.